The molecule has 34 heavy (non-hydrogen) atoms. The van der Waals surface area contributed by atoms with Gasteiger partial charge in [0, 0.05) is 13.0 Å². The zero-order chi connectivity index (χ0) is 24.8. The molecule has 3 aliphatic rings. The molecule has 4 nitrogen and oxygen atoms in total. The molecule has 0 heterocycles. The van der Waals surface area contributed by atoms with Gasteiger partial charge in [0.05, 0.1) is 6.10 Å². The lowest BCUT2D eigenvalue weighted by atomic mass is 9.43. The highest BCUT2D eigenvalue weighted by molar-refractivity contribution is 5.76. The number of fused-ring (bicyclic) bond motifs is 3. The number of amides is 1. The van der Waals surface area contributed by atoms with Crippen molar-refractivity contribution in [1.82, 2.24) is 5.32 Å². The van der Waals surface area contributed by atoms with Crippen LogP contribution in [0.25, 0.3) is 0 Å². The van der Waals surface area contributed by atoms with Gasteiger partial charge in [-0.3, -0.25) is 4.79 Å². The Kier molecular flexibility index (Phi) is 10.1. The number of rotatable bonds is 12. The summed E-state index contributed by atoms with van der Waals surface area (Å²) in [5.41, 5.74) is 9.04. The molecule has 0 aliphatic heterocycles. The minimum absolute atomic E-state index is 0.0126. The quantitative estimate of drug-likeness (QED) is 0.223. The number of unbranched alkanes of at least 4 members (excludes halogenated alkanes) is 6. The molecule has 2 fully saturated rings. The van der Waals surface area contributed by atoms with Gasteiger partial charge in [0.25, 0.3) is 0 Å². The first-order valence-electron chi connectivity index (χ1n) is 14.5. The third-order valence-electron chi connectivity index (χ3n) is 10.3. The maximum atomic E-state index is 12.6. The first-order chi connectivity index (χ1) is 16.2. The number of hydrogen-bond donors (Lipinski definition) is 3. The van der Waals surface area contributed by atoms with Crippen molar-refractivity contribution in [2.75, 3.05) is 13.1 Å². The van der Waals surface area contributed by atoms with Gasteiger partial charge in [-0.05, 0) is 99.8 Å². The number of nitrogens with two attached hydrogens (primary N) is 1. The number of carbonyl (C=O) groups excluding carboxylic acids is 1. The van der Waals surface area contributed by atoms with E-state index in [-0.39, 0.29) is 17.4 Å². The van der Waals surface area contributed by atoms with E-state index in [0.29, 0.717) is 29.6 Å². The monoisotopic (exact) mass is 474 g/mol. The summed E-state index contributed by atoms with van der Waals surface area (Å²) in [6, 6.07) is 0. The van der Waals surface area contributed by atoms with Gasteiger partial charge in [0.15, 0.2) is 0 Å². The van der Waals surface area contributed by atoms with Crippen molar-refractivity contribution in [3.63, 3.8) is 0 Å². The van der Waals surface area contributed by atoms with Gasteiger partial charge < -0.3 is 16.2 Å². The molecular weight excluding hydrogens is 420 g/mol. The lowest BCUT2D eigenvalue weighted by Crippen LogP contribution is -2.56. The van der Waals surface area contributed by atoms with Crippen LogP contribution in [0.5, 0.6) is 0 Å². The van der Waals surface area contributed by atoms with E-state index in [9.17, 15) is 9.90 Å². The second kappa shape index (κ2) is 12.4. The van der Waals surface area contributed by atoms with Crippen molar-refractivity contribution >= 4 is 5.91 Å². The minimum Gasteiger partial charge on any atom is -0.393 e. The largest absolute Gasteiger partial charge is 0.393 e. The molecule has 1 amide bonds. The fourth-order valence-electron chi connectivity index (χ4n) is 8.14. The lowest BCUT2D eigenvalue weighted by Gasteiger charge is -2.62. The van der Waals surface area contributed by atoms with Crippen molar-refractivity contribution in [1.29, 1.82) is 0 Å². The predicted molar refractivity (Wildman–Crippen MR) is 142 cm³/mol. The molecule has 0 aromatic carbocycles. The Morgan fingerprint density at radius 3 is 2.38 bits per heavy atom. The standard InChI is InChI=1S/C30H54N2O2/c1-22-12-15-25-24(13-16-26-29(2,3)27(33)18-19-30(25,26)4)23(22)14-17-28(34)32-21-11-9-7-5-6-8-10-20-31/h24-27,33H,5-21,31H2,1-4H3,(H,32,34)/t24?,25-,26?,27?,30+/m0/s1. The summed E-state index contributed by atoms with van der Waals surface area (Å²) in [7, 11) is 0. The minimum atomic E-state index is -0.165. The number of aliphatic hydroxyl groups excluding tert-OH is 1. The molecule has 3 unspecified atom stereocenters. The Labute approximate surface area is 209 Å². The molecule has 0 saturated heterocycles. The van der Waals surface area contributed by atoms with Gasteiger partial charge >= 0.3 is 0 Å². The Hall–Kier alpha value is -0.870. The van der Waals surface area contributed by atoms with E-state index in [1.54, 1.807) is 11.1 Å². The average molecular weight is 475 g/mol. The van der Waals surface area contributed by atoms with Crippen LogP contribution in [0, 0.1) is 28.6 Å². The van der Waals surface area contributed by atoms with Crippen LogP contribution in [-0.4, -0.2) is 30.2 Å². The number of allylic oxidation sites excluding steroid dienone is 2. The second-order valence-electron chi connectivity index (χ2n) is 12.7. The zero-order valence-corrected chi connectivity index (χ0v) is 22.8. The smallest absolute Gasteiger partial charge is 0.220 e. The van der Waals surface area contributed by atoms with E-state index in [1.165, 1.54) is 57.8 Å². The number of carbonyl (C=O) groups is 1. The highest BCUT2D eigenvalue weighted by atomic mass is 16.3. The number of aliphatic hydroxyl groups is 1. The molecule has 0 aromatic heterocycles. The van der Waals surface area contributed by atoms with E-state index in [2.05, 4.69) is 33.0 Å². The summed E-state index contributed by atoms with van der Waals surface area (Å²) >= 11 is 0. The van der Waals surface area contributed by atoms with E-state index >= 15 is 0 Å². The lowest BCUT2D eigenvalue weighted by molar-refractivity contribution is -0.149. The van der Waals surface area contributed by atoms with Crippen LogP contribution in [-0.2, 0) is 4.79 Å². The predicted octanol–water partition coefficient (Wildman–Crippen LogP) is 6.51. The normalized spacial score (nSPS) is 32.8. The molecule has 3 aliphatic carbocycles. The summed E-state index contributed by atoms with van der Waals surface area (Å²) in [5.74, 6) is 2.19. The molecule has 0 radical (unpaired) electrons. The molecule has 2 saturated carbocycles. The maximum Gasteiger partial charge on any atom is 0.220 e. The van der Waals surface area contributed by atoms with Gasteiger partial charge in [0.1, 0.15) is 0 Å². The summed E-state index contributed by atoms with van der Waals surface area (Å²) < 4.78 is 0. The molecule has 3 rings (SSSR count). The van der Waals surface area contributed by atoms with Crippen molar-refractivity contribution in [2.24, 2.45) is 34.3 Å². The van der Waals surface area contributed by atoms with E-state index < -0.39 is 0 Å². The molecule has 0 spiro atoms. The van der Waals surface area contributed by atoms with Gasteiger partial charge in [-0.15, -0.1) is 0 Å². The van der Waals surface area contributed by atoms with Crippen LogP contribution in [0.15, 0.2) is 11.1 Å². The van der Waals surface area contributed by atoms with Gasteiger partial charge in [-0.25, -0.2) is 0 Å². The summed E-state index contributed by atoms with van der Waals surface area (Å²) in [5, 5.41) is 13.9. The topological polar surface area (TPSA) is 75.4 Å². The first-order valence-corrected chi connectivity index (χ1v) is 14.5. The van der Waals surface area contributed by atoms with E-state index in [0.717, 1.165) is 45.2 Å². The zero-order valence-electron chi connectivity index (χ0n) is 22.8. The second-order valence-corrected chi connectivity index (χ2v) is 12.7. The summed E-state index contributed by atoms with van der Waals surface area (Å²) in [6.45, 7) is 11.1. The van der Waals surface area contributed by atoms with Gasteiger partial charge in [0.2, 0.25) is 5.91 Å². The van der Waals surface area contributed by atoms with Crippen LogP contribution < -0.4 is 11.1 Å². The number of nitrogens with one attached hydrogen (secondary N) is 1. The highest BCUT2D eigenvalue weighted by Crippen LogP contribution is 2.64. The van der Waals surface area contributed by atoms with Crippen molar-refractivity contribution in [3.05, 3.63) is 11.1 Å². The van der Waals surface area contributed by atoms with E-state index in [4.69, 9.17) is 5.73 Å². The Morgan fingerprint density at radius 2 is 1.68 bits per heavy atom. The highest BCUT2D eigenvalue weighted by Gasteiger charge is 2.58. The average Bonchev–Trinajstić information content (AvgIpc) is 2.80. The molecule has 196 valence electrons. The Bertz CT molecular complexity index is 700. The molecule has 5 atom stereocenters. The van der Waals surface area contributed by atoms with Crippen molar-refractivity contribution in [3.8, 4) is 0 Å². The van der Waals surface area contributed by atoms with Crippen molar-refractivity contribution < 1.29 is 9.90 Å². The van der Waals surface area contributed by atoms with Crippen LogP contribution in [0.1, 0.15) is 124 Å². The molecule has 0 aromatic rings. The molecular formula is C30H54N2O2. The molecule has 4 N–H and O–H groups in total. The van der Waals surface area contributed by atoms with Crippen LogP contribution in [0.2, 0.25) is 0 Å². The maximum absolute atomic E-state index is 12.6. The third kappa shape index (κ3) is 6.27. The van der Waals surface area contributed by atoms with E-state index in [1.807, 2.05) is 0 Å². The first kappa shape index (κ1) is 27.7. The summed E-state index contributed by atoms with van der Waals surface area (Å²) in [6.07, 6.45) is 17.0. The van der Waals surface area contributed by atoms with Crippen LogP contribution in [0.4, 0.5) is 0 Å². The van der Waals surface area contributed by atoms with Gasteiger partial charge in [-0.1, -0.05) is 64.0 Å². The SMILES string of the molecule is CC1=C(CCC(=O)NCCCCCCCCCN)C2CCC3C(C)(C)C(O)CC[C@]3(C)[C@H]2CC1. The Balaban J connectivity index is 1.45. The fourth-order valence-corrected chi connectivity index (χ4v) is 8.14. The van der Waals surface area contributed by atoms with Crippen LogP contribution >= 0.6 is 0 Å². The molecule has 0 bridgehead atoms. The summed E-state index contributed by atoms with van der Waals surface area (Å²) in [4.78, 5) is 12.6. The fraction of sp³-hybridized carbons (Fsp3) is 0.900. The van der Waals surface area contributed by atoms with Gasteiger partial charge in [-0.2, -0.15) is 0 Å². The molecule has 4 heteroatoms. The van der Waals surface area contributed by atoms with Crippen molar-refractivity contribution in [2.45, 2.75) is 130 Å². The Morgan fingerprint density at radius 1 is 1.00 bits per heavy atom. The number of hydrogen-bond acceptors (Lipinski definition) is 3. The van der Waals surface area contributed by atoms with Crippen LogP contribution in [0.3, 0.4) is 0 Å². The third-order valence-corrected chi connectivity index (χ3v) is 10.3.